The number of nitrogens with zero attached hydrogens (tertiary/aromatic N) is 2. The minimum absolute atomic E-state index is 0.0894. The van der Waals surface area contributed by atoms with Crippen molar-refractivity contribution in [2.24, 2.45) is 5.92 Å². The third-order valence-electron chi connectivity index (χ3n) is 8.46. The molecule has 41 heavy (non-hydrogen) atoms. The number of piperidine rings is 1. The summed E-state index contributed by atoms with van der Waals surface area (Å²) < 4.78 is 0. The van der Waals surface area contributed by atoms with Crippen molar-refractivity contribution in [1.29, 1.82) is 0 Å². The van der Waals surface area contributed by atoms with E-state index in [1.807, 2.05) is 29.2 Å². The van der Waals surface area contributed by atoms with Crippen molar-refractivity contribution in [2.45, 2.75) is 38.8 Å². The van der Waals surface area contributed by atoms with E-state index < -0.39 is 22.2 Å². The second-order valence-corrected chi connectivity index (χ2v) is 11.1. The average molecular weight is 560 g/mol. The van der Waals surface area contributed by atoms with Crippen LogP contribution in [0.25, 0.3) is 22.1 Å². The molecule has 3 aliphatic heterocycles. The molecule has 5 heterocycles. The van der Waals surface area contributed by atoms with Crippen molar-refractivity contribution in [1.82, 2.24) is 35.1 Å². The Labute approximate surface area is 233 Å². The lowest BCUT2D eigenvalue weighted by atomic mass is 9.92. The van der Waals surface area contributed by atoms with Crippen LogP contribution in [-0.2, 0) is 30.7 Å². The summed E-state index contributed by atoms with van der Waals surface area (Å²) >= 11 is 0. The molecule has 0 spiro atoms. The quantitative estimate of drug-likeness (QED) is 0.209. The molecule has 1 amide bonds. The summed E-state index contributed by atoms with van der Waals surface area (Å²) in [4.78, 5) is 73.3. The normalized spacial score (nSPS) is 17.5. The van der Waals surface area contributed by atoms with E-state index in [4.69, 9.17) is 0 Å². The second-order valence-electron chi connectivity index (χ2n) is 11.1. The molecule has 2 aromatic heterocycles. The van der Waals surface area contributed by atoms with E-state index in [0.29, 0.717) is 29.6 Å². The Bertz CT molecular complexity index is 1880. The number of hydrogen-bond acceptors (Lipinski definition) is 7. The number of benzene rings is 2. The smallest absolute Gasteiger partial charge is 0.314 e. The van der Waals surface area contributed by atoms with Crippen molar-refractivity contribution in [3.05, 3.63) is 87.9 Å². The number of carbonyl (C=O) groups is 1. The first-order chi connectivity index (χ1) is 19.8. The van der Waals surface area contributed by atoms with E-state index in [1.165, 1.54) is 5.56 Å². The van der Waals surface area contributed by atoms with Gasteiger partial charge in [-0.3, -0.25) is 24.0 Å². The van der Waals surface area contributed by atoms with E-state index in [2.05, 4.69) is 37.2 Å². The predicted octanol–water partition coefficient (Wildman–Crippen LogP) is 0.305. The maximum atomic E-state index is 12.9. The Hall–Kier alpha value is -4.29. The highest BCUT2D eigenvalue weighted by atomic mass is 16.2. The zero-order chi connectivity index (χ0) is 28.7. The molecular formula is C29H33N7O5. The van der Waals surface area contributed by atoms with Gasteiger partial charge in [0.05, 0.1) is 22.1 Å². The largest absolute Gasteiger partial charge is 0.338 e. The average Bonchev–Trinajstić information content (AvgIpc) is 2.98. The van der Waals surface area contributed by atoms with Gasteiger partial charge in [0.2, 0.25) is 5.91 Å². The number of aromatic nitrogens is 4. The van der Waals surface area contributed by atoms with E-state index >= 15 is 0 Å². The van der Waals surface area contributed by atoms with Crippen LogP contribution in [-0.4, -0.2) is 68.9 Å². The Morgan fingerprint density at radius 1 is 0.732 bits per heavy atom. The van der Waals surface area contributed by atoms with Gasteiger partial charge >= 0.3 is 22.2 Å². The van der Waals surface area contributed by atoms with Crippen LogP contribution in [0, 0.1) is 5.92 Å². The zero-order valence-electron chi connectivity index (χ0n) is 22.9. The monoisotopic (exact) mass is 559 g/mol. The van der Waals surface area contributed by atoms with Gasteiger partial charge in [0.1, 0.15) is 0 Å². The van der Waals surface area contributed by atoms with Crippen molar-refractivity contribution >= 4 is 28.0 Å². The lowest BCUT2D eigenvalue weighted by Gasteiger charge is -2.35. The minimum atomic E-state index is -0.653. The standard InChI is InChI=1S/C18H22N4O3.C11H11N3O2/c1-21-7-4-12(5-8-21)18(25)22-9-6-11-2-3-14-15(13(11)10-22)20-17(24)16(23)19-14;15-10-11(16)14-9-7-5-12-4-3-6(7)1-2-8(9)13-10/h2-3,12H,4-10H2,1H3,(H,19,23)(H,20,24);1-2,12H,3-5H2,(H,13,15)(H,14,16). The fourth-order valence-electron chi connectivity index (χ4n) is 6.09. The van der Waals surface area contributed by atoms with Crippen LogP contribution in [0.1, 0.15) is 35.1 Å². The van der Waals surface area contributed by atoms with Gasteiger partial charge in [-0.1, -0.05) is 12.1 Å². The highest BCUT2D eigenvalue weighted by Gasteiger charge is 2.30. The number of likely N-dealkylation sites (tertiary alicyclic amines) is 1. The third-order valence-corrected chi connectivity index (χ3v) is 8.46. The summed E-state index contributed by atoms with van der Waals surface area (Å²) in [6, 6.07) is 7.65. The summed E-state index contributed by atoms with van der Waals surface area (Å²) in [5.74, 6) is 0.300. The number of nitrogens with one attached hydrogen (secondary N) is 5. The molecule has 0 atom stereocenters. The first-order valence-electron chi connectivity index (χ1n) is 14.0. The van der Waals surface area contributed by atoms with E-state index in [9.17, 15) is 24.0 Å². The lowest BCUT2D eigenvalue weighted by Crippen LogP contribution is -2.43. The molecular weight excluding hydrogens is 526 g/mol. The van der Waals surface area contributed by atoms with Gasteiger partial charge in [0.25, 0.3) is 0 Å². The van der Waals surface area contributed by atoms with Crippen LogP contribution in [0.15, 0.2) is 43.4 Å². The van der Waals surface area contributed by atoms with Gasteiger partial charge in [-0.25, -0.2) is 0 Å². The second kappa shape index (κ2) is 10.9. The topological polar surface area (TPSA) is 167 Å². The number of rotatable bonds is 1. The first-order valence-corrected chi connectivity index (χ1v) is 14.0. The van der Waals surface area contributed by atoms with E-state index in [0.717, 1.165) is 74.1 Å². The van der Waals surface area contributed by atoms with Crippen LogP contribution in [0.4, 0.5) is 0 Å². The molecule has 3 aliphatic rings. The maximum absolute atomic E-state index is 12.9. The fraction of sp³-hybridized carbons (Fsp3) is 0.414. The molecule has 4 aromatic rings. The molecule has 214 valence electrons. The zero-order valence-corrected chi connectivity index (χ0v) is 22.9. The Morgan fingerprint density at radius 3 is 1.93 bits per heavy atom. The Balaban J connectivity index is 0.000000162. The Kier molecular flexibility index (Phi) is 7.18. The molecule has 0 bridgehead atoms. The molecule has 0 radical (unpaired) electrons. The number of aromatic amines is 4. The van der Waals surface area contributed by atoms with Crippen molar-refractivity contribution in [3.8, 4) is 0 Å². The minimum Gasteiger partial charge on any atom is -0.338 e. The van der Waals surface area contributed by atoms with E-state index in [1.54, 1.807) is 0 Å². The number of hydrogen-bond donors (Lipinski definition) is 5. The van der Waals surface area contributed by atoms with Crippen LogP contribution in [0.2, 0.25) is 0 Å². The molecule has 12 heteroatoms. The van der Waals surface area contributed by atoms with Crippen LogP contribution < -0.4 is 27.6 Å². The Morgan fingerprint density at radius 2 is 1.29 bits per heavy atom. The SMILES string of the molecule is CN1CCC(C(=O)N2CCc3ccc4[nH]c(=O)c(=O)[nH]c4c3C2)CC1.O=c1[nH]c2ccc3c(c2[nH]c1=O)CNCC3. The summed E-state index contributed by atoms with van der Waals surface area (Å²) in [5.41, 5.74) is 4.57. The number of carbonyl (C=O) groups excluding carboxylic acids is 1. The lowest BCUT2D eigenvalue weighted by molar-refractivity contribution is -0.137. The molecule has 12 nitrogen and oxygen atoms in total. The number of amides is 1. The summed E-state index contributed by atoms with van der Waals surface area (Å²) in [6.07, 6.45) is 3.52. The van der Waals surface area contributed by atoms with Crippen molar-refractivity contribution < 1.29 is 4.79 Å². The summed E-state index contributed by atoms with van der Waals surface area (Å²) in [5, 5.41) is 3.25. The molecule has 0 unspecified atom stereocenters. The van der Waals surface area contributed by atoms with E-state index in [-0.39, 0.29) is 11.8 Å². The highest BCUT2D eigenvalue weighted by molar-refractivity contribution is 5.83. The summed E-state index contributed by atoms with van der Waals surface area (Å²) in [6.45, 7) is 4.79. The van der Waals surface area contributed by atoms with Gasteiger partial charge in [0, 0.05) is 31.1 Å². The van der Waals surface area contributed by atoms with Gasteiger partial charge in [-0.2, -0.15) is 0 Å². The first kappa shape index (κ1) is 26.9. The molecule has 1 fully saturated rings. The van der Waals surface area contributed by atoms with Gasteiger partial charge in [0.15, 0.2) is 0 Å². The maximum Gasteiger partial charge on any atom is 0.314 e. The molecule has 0 aliphatic carbocycles. The molecule has 0 saturated carbocycles. The van der Waals surface area contributed by atoms with Crippen molar-refractivity contribution in [3.63, 3.8) is 0 Å². The molecule has 7 rings (SSSR count). The van der Waals surface area contributed by atoms with Gasteiger partial charge in [-0.15, -0.1) is 0 Å². The number of fused-ring (bicyclic) bond motifs is 6. The summed E-state index contributed by atoms with van der Waals surface area (Å²) in [7, 11) is 2.08. The molecule has 2 aromatic carbocycles. The number of H-pyrrole nitrogens is 4. The predicted molar refractivity (Wildman–Crippen MR) is 155 cm³/mol. The third kappa shape index (κ3) is 5.27. The van der Waals surface area contributed by atoms with Crippen LogP contribution >= 0.6 is 0 Å². The fourth-order valence-corrected chi connectivity index (χ4v) is 6.09. The van der Waals surface area contributed by atoms with Crippen molar-refractivity contribution in [2.75, 3.05) is 33.2 Å². The highest BCUT2D eigenvalue weighted by Crippen LogP contribution is 2.27. The van der Waals surface area contributed by atoms with Crippen LogP contribution in [0.5, 0.6) is 0 Å². The van der Waals surface area contributed by atoms with Gasteiger partial charge < -0.3 is 35.1 Å². The molecule has 5 N–H and O–H groups in total. The van der Waals surface area contributed by atoms with Crippen LogP contribution in [0.3, 0.4) is 0 Å². The van der Waals surface area contributed by atoms with Gasteiger partial charge in [-0.05, 0) is 81.2 Å². The molecule has 1 saturated heterocycles.